The minimum absolute atomic E-state index is 0.0164. The lowest BCUT2D eigenvalue weighted by molar-refractivity contribution is -0.122. The van der Waals surface area contributed by atoms with Crippen molar-refractivity contribution in [2.45, 2.75) is 51.3 Å². The van der Waals surface area contributed by atoms with Gasteiger partial charge in [-0.25, -0.2) is 13.6 Å². The number of hydrogen-bond acceptors (Lipinski definition) is 4. The molecule has 0 aliphatic rings. The van der Waals surface area contributed by atoms with Crippen molar-refractivity contribution in [3.05, 3.63) is 17.0 Å². The lowest BCUT2D eigenvalue weighted by Crippen LogP contribution is -2.25. The molecular weight excluding hydrogens is 308 g/mol. The molecule has 21 heavy (non-hydrogen) atoms. The third kappa shape index (κ3) is 7.06. The van der Waals surface area contributed by atoms with Gasteiger partial charge in [0.1, 0.15) is 4.21 Å². The first kappa shape index (κ1) is 18.1. The van der Waals surface area contributed by atoms with Crippen LogP contribution in [0, 0.1) is 11.3 Å². The molecule has 1 atom stereocenters. The highest BCUT2D eigenvalue weighted by molar-refractivity contribution is 7.91. The lowest BCUT2D eigenvalue weighted by atomic mass is 9.84. The lowest BCUT2D eigenvalue weighted by Gasteiger charge is -2.22. The number of rotatable bonds is 6. The molecule has 0 bridgehead atoms. The molecule has 1 rings (SSSR count). The second-order valence-corrected chi connectivity index (χ2v) is 9.57. The van der Waals surface area contributed by atoms with E-state index in [0.717, 1.165) is 22.6 Å². The Morgan fingerprint density at radius 1 is 1.38 bits per heavy atom. The molecule has 1 heterocycles. The maximum absolute atomic E-state index is 11.9. The number of carbonyl (C=O) groups is 1. The molecule has 7 heteroatoms. The third-order valence-corrected chi connectivity index (χ3v) is 5.40. The second-order valence-electron chi connectivity index (χ2n) is 6.62. The topological polar surface area (TPSA) is 89.3 Å². The molecule has 0 aromatic carbocycles. The van der Waals surface area contributed by atoms with Crippen LogP contribution in [0.2, 0.25) is 0 Å². The summed E-state index contributed by atoms with van der Waals surface area (Å²) in [5, 5.41) is 7.86. The van der Waals surface area contributed by atoms with Crippen LogP contribution < -0.4 is 10.5 Å². The number of carbonyl (C=O) groups excluding carboxylic acids is 1. The van der Waals surface area contributed by atoms with Crippen molar-refractivity contribution in [2.24, 2.45) is 16.5 Å². The molecular formula is C14H24N2O3S2. The highest BCUT2D eigenvalue weighted by Crippen LogP contribution is 2.26. The van der Waals surface area contributed by atoms with Crippen molar-refractivity contribution < 1.29 is 13.2 Å². The number of primary sulfonamides is 1. The number of sulfonamides is 1. The largest absolute Gasteiger partial charge is 0.351 e. The van der Waals surface area contributed by atoms with E-state index in [4.69, 9.17) is 5.14 Å². The summed E-state index contributed by atoms with van der Waals surface area (Å²) in [5.41, 5.74) is 0.206. The fraction of sp³-hybridized carbons (Fsp3) is 0.643. The average Bonchev–Trinajstić information content (AvgIpc) is 2.71. The molecule has 0 aliphatic heterocycles. The molecule has 0 saturated carbocycles. The predicted molar refractivity (Wildman–Crippen MR) is 85.4 cm³/mol. The quantitative estimate of drug-likeness (QED) is 0.838. The molecule has 1 amide bonds. The van der Waals surface area contributed by atoms with Gasteiger partial charge in [0.15, 0.2) is 0 Å². The molecule has 0 aliphatic carbocycles. The molecule has 1 aromatic heterocycles. The van der Waals surface area contributed by atoms with Crippen molar-refractivity contribution in [1.29, 1.82) is 0 Å². The van der Waals surface area contributed by atoms with Gasteiger partial charge in [0, 0.05) is 11.3 Å². The zero-order valence-electron chi connectivity index (χ0n) is 13.0. The normalized spacial score (nSPS) is 14.0. The summed E-state index contributed by atoms with van der Waals surface area (Å²) in [5.74, 6) is 0.297. The Hall–Kier alpha value is -0.920. The number of hydrogen-bond donors (Lipinski definition) is 2. The van der Waals surface area contributed by atoms with Crippen molar-refractivity contribution in [1.82, 2.24) is 5.32 Å². The maximum Gasteiger partial charge on any atom is 0.247 e. The van der Waals surface area contributed by atoms with Crippen LogP contribution in [0.25, 0.3) is 0 Å². The molecule has 1 unspecified atom stereocenters. The van der Waals surface area contributed by atoms with Crippen molar-refractivity contribution in [2.75, 3.05) is 0 Å². The van der Waals surface area contributed by atoms with Crippen molar-refractivity contribution in [3.8, 4) is 0 Å². The van der Waals surface area contributed by atoms with E-state index in [1.54, 1.807) is 6.07 Å². The number of nitrogens with one attached hydrogen (secondary N) is 1. The zero-order valence-corrected chi connectivity index (χ0v) is 14.6. The first-order chi connectivity index (χ1) is 9.47. The Bertz CT molecular complexity index is 586. The van der Waals surface area contributed by atoms with E-state index in [0.29, 0.717) is 18.9 Å². The third-order valence-electron chi connectivity index (χ3n) is 2.87. The van der Waals surface area contributed by atoms with Gasteiger partial charge in [-0.2, -0.15) is 0 Å². The number of thiophene rings is 1. The number of amides is 1. The second kappa shape index (κ2) is 6.89. The van der Waals surface area contributed by atoms with E-state index in [1.165, 1.54) is 6.07 Å². The van der Waals surface area contributed by atoms with Gasteiger partial charge in [-0.3, -0.25) is 4.79 Å². The molecule has 5 nitrogen and oxygen atoms in total. The highest BCUT2D eigenvalue weighted by Gasteiger charge is 2.18. The van der Waals surface area contributed by atoms with Gasteiger partial charge >= 0.3 is 0 Å². The molecule has 1 aromatic rings. The smallest absolute Gasteiger partial charge is 0.247 e. The summed E-state index contributed by atoms with van der Waals surface area (Å²) in [4.78, 5) is 12.6. The number of nitrogens with two attached hydrogens (primary N) is 1. The summed E-state index contributed by atoms with van der Waals surface area (Å²) >= 11 is 1.08. The van der Waals surface area contributed by atoms with Crippen LogP contribution in [0.1, 0.15) is 45.4 Å². The summed E-state index contributed by atoms with van der Waals surface area (Å²) in [6.07, 6.45) is 1.46. The van der Waals surface area contributed by atoms with Crippen molar-refractivity contribution >= 4 is 27.3 Å². The average molecular weight is 332 g/mol. The van der Waals surface area contributed by atoms with Gasteiger partial charge in [-0.05, 0) is 29.9 Å². The van der Waals surface area contributed by atoms with E-state index in [-0.39, 0.29) is 15.5 Å². The Balaban J connectivity index is 2.45. The van der Waals surface area contributed by atoms with Crippen LogP contribution in [0.15, 0.2) is 16.3 Å². The van der Waals surface area contributed by atoms with Gasteiger partial charge in [0.2, 0.25) is 15.9 Å². The minimum atomic E-state index is -3.65. The SMILES string of the molecule is CC(CC(=O)NCc1ccc(S(N)(=O)=O)s1)CC(C)(C)C. The molecule has 3 N–H and O–H groups in total. The highest BCUT2D eigenvalue weighted by atomic mass is 32.2. The van der Waals surface area contributed by atoms with E-state index in [2.05, 4.69) is 33.0 Å². The summed E-state index contributed by atoms with van der Waals surface area (Å²) in [6, 6.07) is 3.13. The van der Waals surface area contributed by atoms with Crippen LogP contribution in [0.5, 0.6) is 0 Å². The van der Waals surface area contributed by atoms with Gasteiger partial charge in [0.25, 0.3) is 0 Å². The van der Waals surface area contributed by atoms with E-state index in [9.17, 15) is 13.2 Å². The van der Waals surface area contributed by atoms with Gasteiger partial charge in [0.05, 0.1) is 6.54 Å². The van der Waals surface area contributed by atoms with Crippen LogP contribution in [0.4, 0.5) is 0 Å². The van der Waals surface area contributed by atoms with E-state index < -0.39 is 10.0 Å². The Morgan fingerprint density at radius 2 is 2.00 bits per heavy atom. The Kier molecular flexibility index (Phi) is 5.95. The zero-order chi connectivity index (χ0) is 16.3. The fourth-order valence-electron chi connectivity index (χ4n) is 2.30. The predicted octanol–water partition coefficient (Wildman–Crippen LogP) is 2.47. The van der Waals surface area contributed by atoms with E-state index >= 15 is 0 Å². The van der Waals surface area contributed by atoms with Crippen LogP contribution in [0.3, 0.4) is 0 Å². The van der Waals surface area contributed by atoms with Crippen LogP contribution in [-0.2, 0) is 21.4 Å². The molecule has 0 saturated heterocycles. The first-order valence-electron chi connectivity index (χ1n) is 6.85. The monoisotopic (exact) mass is 332 g/mol. The molecule has 0 radical (unpaired) electrons. The summed E-state index contributed by atoms with van der Waals surface area (Å²) in [7, 11) is -3.65. The Labute approximate surface area is 131 Å². The first-order valence-corrected chi connectivity index (χ1v) is 9.22. The molecule has 0 spiro atoms. The van der Waals surface area contributed by atoms with Gasteiger partial charge in [-0.1, -0.05) is 27.7 Å². The minimum Gasteiger partial charge on any atom is -0.351 e. The maximum atomic E-state index is 11.9. The van der Waals surface area contributed by atoms with Crippen molar-refractivity contribution in [3.63, 3.8) is 0 Å². The molecule has 120 valence electrons. The van der Waals surface area contributed by atoms with Gasteiger partial charge < -0.3 is 5.32 Å². The fourth-order valence-corrected chi connectivity index (χ4v) is 4.02. The van der Waals surface area contributed by atoms with Crippen LogP contribution >= 0.6 is 11.3 Å². The summed E-state index contributed by atoms with van der Waals surface area (Å²) < 4.78 is 22.4. The Morgan fingerprint density at radius 3 is 2.48 bits per heavy atom. The van der Waals surface area contributed by atoms with E-state index in [1.807, 2.05) is 0 Å². The standard InChI is InChI=1S/C14H24N2O3S2/c1-10(8-14(2,3)4)7-12(17)16-9-11-5-6-13(20-11)21(15,18)19/h5-6,10H,7-9H2,1-4H3,(H,16,17)(H2,15,18,19). The molecule has 0 fully saturated rings. The van der Waals surface area contributed by atoms with Gasteiger partial charge in [-0.15, -0.1) is 11.3 Å². The summed E-state index contributed by atoms with van der Waals surface area (Å²) in [6.45, 7) is 8.86. The van der Waals surface area contributed by atoms with Crippen LogP contribution in [-0.4, -0.2) is 14.3 Å².